The molecular formula is C22H33Cl3SiTi. The molecule has 2 rings (SSSR count). The van der Waals surface area contributed by atoms with Gasteiger partial charge in [0.1, 0.15) is 0 Å². The number of rotatable bonds is 4. The topological polar surface area (TPSA) is 0 Å². The molecule has 0 aliphatic rings. The minimum absolute atomic E-state index is 0. The monoisotopic (exact) mass is 478 g/mol. The van der Waals surface area contributed by atoms with E-state index in [1.165, 1.54) is 29.2 Å². The molecule has 0 fully saturated rings. The molecule has 0 amide bonds. The van der Waals surface area contributed by atoms with Crippen LogP contribution in [0.3, 0.4) is 0 Å². The molecule has 0 spiro atoms. The number of hydrogen-bond donors (Lipinski definition) is 0. The van der Waals surface area contributed by atoms with E-state index in [4.69, 9.17) is 0 Å². The van der Waals surface area contributed by atoms with E-state index in [0.717, 1.165) is 0 Å². The maximum Gasteiger partial charge on any atom is 4.00 e. The van der Waals surface area contributed by atoms with Crippen molar-refractivity contribution in [3.05, 3.63) is 57.1 Å². The van der Waals surface area contributed by atoms with Crippen molar-refractivity contribution in [2.24, 2.45) is 5.41 Å². The molecule has 0 aliphatic carbocycles. The van der Waals surface area contributed by atoms with Crippen LogP contribution in [0.5, 0.6) is 0 Å². The standard InChI is InChI=1S/C22H33Si.3ClH.Ti/c1-14-9-15(2)11-19(10-14)23-13-21-18(5)16(3)17(4)20(21)12-22(6,7)8;;;;/h9-11H,12-13,23H2,1-8H3;3*1H;/q-1;;;;+4/p-3. The molecule has 0 aromatic heterocycles. The summed E-state index contributed by atoms with van der Waals surface area (Å²) in [4.78, 5) is 0. The minimum Gasteiger partial charge on any atom is -1.00 e. The minimum atomic E-state index is -0.251. The number of benzene rings is 1. The summed E-state index contributed by atoms with van der Waals surface area (Å²) in [5.74, 6) is 0. The van der Waals surface area contributed by atoms with Crippen LogP contribution in [0, 0.1) is 40.0 Å². The first kappa shape index (κ1) is 32.0. The van der Waals surface area contributed by atoms with Gasteiger partial charge in [0.05, 0.1) is 0 Å². The summed E-state index contributed by atoms with van der Waals surface area (Å²) in [6.45, 7) is 18.5. The molecule has 0 atom stereocenters. The van der Waals surface area contributed by atoms with E-state index in [1.807, 2.05) is 0 Å². The molecule has 0 aliphatic heterocycles. The van der Waals surface area contributed by atoms with Gasteiger partial charge >= 0.3 is 21.7 Å². The van der Waals surface area contributed by atoms with Gasteiger partial charge < -0.3 is 37.2 Å². The van der Waals surface area contributed by atoms with Crippen LogP contribution in [0.4, 0.5) is 0 Å². The number of halogens is 3. The van der Waals surface area contributed by atoms with Crippen LogP contribution in [-0.2, 0) is 34.2 Å². The maximum absolute atomic E-state index is 2.40. The first-order chi connectivity index (χ1) is 10.6. The van der Waals surface area contributed by atoms with E-state index in [9.17, 15) is 0 Å². The zero-order chi connectivity index (χ0) is 17.4. The quantitative estimate of drug-likeness (QED) is 0.307. The predicted octanol–water partition coefficient (Wildman–Crippen LogP) is -4.46. The fraction of sp³-hybridized carbons (Fsp3) is 0.500. The Morgan fingerprint density at radius 3 is 1.74 bits per heavy atom. The molecule has 0 bridgehead atoms. The smallest absolute Gasteiger partial charge is 1.00 e. The Balaban J connectivity index is -0.00000144. The molecule has 150 valence electrons. The number of aryl methyl sites for hydroxylation is 2. The number of hydrogen-bond acceptors (Lipinski definition) is 0. The molecule has 0 radical (unpaired) electrons. The van der Waals surface area contributed by atoms with Gasteiger partial charge in [0.15, 0.2) is 0 Å². The van der Waals surface area contributed by atoms with Gasteiger partial charge in [0, 0.05) is 9.52 Å². The molecule has 0 N–H and O–H groups in total. The first-order valence-corrected chi connectivity index (χ1v) is 10.6. The third kappa shape index (κ3) is 8.72. The Kier molecular flexibility index (Phi) is 15.2. The fourth-order valence-corrected chi connectivity index (χ4v) is 5.93. The average molecular weight is 480 g/mol. The van der Waals surface area contributed by atoms with Crippen molar-refractivity contribution in [1.82, 2.24) is 0 Å². The van der Waals surface area contributed by atoms with E-state index in [1.54, 1.807) is 27.4 Å². The summed E-state index contributed by atoms with van der Waals surface area (Å²) in [6, 6.07) is 8.39. The molecule has 2 aromatic rings. The van der Waals surface area contributed by atoms with Gasteiger partial charge in [-0.1, -0.05) is 82.1 Å². The van der Waals surface area contributed by atoms with E-state index in [-0.39, 0.29) is 68.5 Å². The summed E-state index contributed by atoms with van der Waals surface area (Å²) in [5, 5.41) is 1.61. The van der Waals surface area contributed by atoms with Crippen LogP contribution in [0.15, 0.2) is 18.2 Å². The van der Waals surface area contributed by atoms with Crippen LogP contribution in [0.25, 0.3) is 0 Å². The van der Waals surface area contributed by atoms with Crippen molar-refractivity contribution < 1.29 is 58.9 Å². The fourth-order valence-electron chi connectivity index (χ4n) is 3.78. The summed E-state index contributed by atoms with van der Waals surface area (Å²) in [7, 11) is -0.251. The van der Waals surface area contributed by atoms with Crippen LogP contribution >= 0.6 is 0 Å². The van der Waals surface area contributed by atoms with Crippen LogP contribution < -0.4 is 42.4 Å². The largest absolute Gasteiger partial charge is 4.00 e. The Morgan fingerprint density at radius 2 is 1.30 bits per heavy atom. The first-order valence-electron chi connectivity index (χ1n) is 8.90. The Hall–Kier alpha value is 0.371. The second-order valence-electron chi connectivity index (χ2n) is 8.57. The van der Waals surface area contributed by atoms with Crippen molar-refractivity contribution in [3.63, 3.8) is 0 Å². The Morgan fingerprint density at radius 1 is 0.815 bits per heavy atom. The zero-order valence-electron chi connectivity index (χ0n) is 18.0. The summed E-state index contributed by atoms with van der Waals surface area (Å²) in [6.07, 6.45) is 1.20. The summed E-state index contributed by atoms with van der Waals surface area (Å²) in [5.41, 5.74) is 11.1. The average Bonchev–Trinajstić information content (AvgIpc) is 2.59. The molecule has 0 saturated carbocycles. The van der Waals surface area contributed by atoms with E-state index in [0.29, 0.717) is 5.41 Å². The van der Waals surface area contributed by atoms with Gasteiger partial charge in [-0.3, -0.25) is 0 Å². The van der Waals surface area contributed by atoms with E-state index >= 15 is 0 Å². The second kappa shape index (κ2) is 12.8. The molecule has 2 aromatic carbocycles. The van der Waals surface area contributed by atoms with Gasteiger partial charge in [-0.2, -0.15) is 27.8 Å². The van der Waals surface area contributed by atoms with Crippen molar-refractivity contribution in [3.8, 4) is 0 Å². The normalized spacial score (nSPS) is 10.7. The van der Waals surface area contributed by atoms with Crippen molar-refractivity contribution in [2.75, 3.05) is 0 Å². The Bertz CT molecular complexity index is 695. The van der Waals surface area contributed by atoms with Gasteiger partial charge in [-0.15, -0.1) is 0 Å². The zero-order valence-corrected chi connectivity index (χ0v) is 23.2. The van der Waals surface area contributed by atoms with Gasteiger partial charge in [-0.25, -0.2) is 0 Å². The molecule has 0 saturated heterocycles. The predicted molar refractivity (Wildman–Crippen MR) is 107 cm³/mol. The molecular weight excluding hydrogens is 447 g/mol. The van der Waals surface area contributed by atoms with Gasteiger partial charge in [-0.05, 0) is 25.7 Å². The van der Waals surface area contributed by atoms with Crippen molar-refractivity contribution in [1.29, 1.82) is 0 Å². The maximum atomic E-state index is 2.40. The molecule has 0 unspecified atom stereocenters. The molecule has 5 heteroatoms. The summed E-state index contributed by atoms with van der Waals surface area (Å²) < 4.78 is 0. The SMILES string of the molecule is Cc1cc(C)cc([SiH2]C[c-]2c(C)c(C)c(C)c2CC(C)(C)C)c1.[Cl-].[Cl-].[Cl-].[Ti+4]. The van der Waals surface area contributed by atoms with E-state index < -0.39 is 0 Å². The third-order valence-electron chi connectivity index (χ3n) is 5.05. The summed E-state index contributed by atoms with van der Waals surface area (Å²) >= 11 is 0. The van der Waals surface area contributed by atoms with Gasteiger partial charge in [0.2, 0.25) is 0 Å². The van der Waals surface area contributed by atoms with E-state index in [2.05, 4.69) is 73.6 Å². The second-order valence-corrected chi connectivity index (χ2v) is 10.4. The molecule has 0 nitrogen and oxygen atoms in total. The molecule has 0 heterocycles. The van der Waals surface area contributed by atoms with Crippen molar-refractivity contribution in [2.45, 2.75) is 67.9 Å². The third-order valence-corrected chi connectivity index (χ3v) is 6.78. The van der Waals surface area contributed by atoms with Gasteiger partial charge in [0.25, 0.3) is 0 Å². The van der Waals surface area contributed by atoms with Crippen LogP contribution in [-0.4, -0.2) is 9.52 Å². The van der Waals surface area contributed by atoms with Crippen LogP contribution in [0.1, 0.15) is 59.7 Å². The van der Waals surface area contributed by atoms with Crippen molar-refractivity contribution >= 4 is 14.7 Å². The molecule has 27 heavy (non-hydrogen) atoms. The van der Waals surface area contributed by atoms with Crippen LogP contribution in [0.2, 0.25) is 0 Å². The Labute approximate surface area is 203 Å².